The summed E-state index contributed by atoms with van der Waals surface area (Å²) < 4.78 is 24.8. The summed E-state index contributed by atoms with van der Waals surface area (Å²) in [5, 5.41) is 14.1. The van der Waals surface area contributed by atoms with Crippen LogP contribution in [0.3, 0.4) is 0 Å². The Kier molecular flexibility index (Phi) is 12.0. The molecule has 1 fully saturated rings. The van der Waals surface area contributed by atoms with E-state index >= 15 is 0 Å². The number of hydrogen-bond acceptors (Lipinski definition) is 9. The van der Waals surface area contributed by atoms with Gasteiger partial charge in [-0.15, -0.1) is 0 Å². The molecule has 1 aliphatic rings. The second-order valence-electron chi connectivity index (χ2n) is 9.22. The van der Waals surface area contributed by atoms with Gasteiger partial charge in [0.15, 0.2) is 16.7 Å². The summed E-state index contributed by atoms with van der Waals surface area (Å²) in [5.41, 5.74) is 0.470. The van der Waals surface area contributed by atoms with Crippen LogP contribution in [0.4, 0.5) is 10.2 Å². The lowest BCUT2D eigenvalue weighted by Gasteiger charge is -2.19. The van der Waals surface area contributed by atoms with E-state index in [4.69, 9.17) is 9.26 Å². The van der Waals surface area contributed by atoms with Gasteiger partial charge >= 0.3 is 0 Å². The Hall–Kier alpha value is -3.41. The molecule has 0 aliphatic carbocycles. The van der Waals surface area contributed by atoms with Crippen molar-refractivity contribution in [3.8, 4) is 11.5 Å². The van der Waals surface area contributed by atoms with Crippen LogP contribution in [0.15, 0.2) is 85.8 Å². The standard InChI is InChI=1S/C26H25FN6O2S2.C4H10/c1-28-26(36-13-9-17-6-10-29-11-7-17)33-24-22(34-19-4-2-18(27)3-5-19)14-20(15-31-24)37-23-8-12-30-25-21(23)16-32-35-25;1-3-4-2/h2-5,8-9,12-17,29H,6-7,10-11H2,1H3,(H,28,31,33);3-4H2,1-2H3/b13-9+;. The molecule has 0 spiro atoms. The van der Waals surface area contributed by atoms with Gasteiger partial charge in [-0.2, -0.15) is 0 Å². The van der Waals surface area contributed by atoms with Crippen molar-refractivity contribution in [1.82, 2.24) is 20.4 Å². The van der Waals surface area contributed by atoms with Crippen LogP contribution < -0.4 is 15.4 Å². The van der Waals surface area contributed by atoms with Crippen molar-refractivity contribution in [2.45, 2.75) is 49.3 Å². The smallest absolute Gasteiger partial charge is 0.258 e. The van der Waals surface area contributed by atoms with Crippen LogP contribution in [-0.2, 0) is 0 Å². The molecule has 4 aromatic rings. The molecule has 216 valence electrons. The topological polar surface area (TPSA) is 97.5 Å². The number of fused-ring (bicyclic) bond motifs is 1. The minimum absolute atomic E-state index is 0.333. The predicted molar refractivity (Wildman–Crippen MR) is 167 cm³/mol. The van der Waals surface area contributed by atoms with Crippen LogP contribution >= 0.6 is 23.5 Å². The fourth-order valence-corrected chi connectivity index (χ4v) is 5.34. The van der Waals surface area contributed by atoms with E-state index in [1.807, 2.05) is 12.1 Å². The van der Waals surface area contributed by atoms with E-state index in [0.29, 0.717) is 34.1 Å². The number of benzene rings is 1. The number of piperidine rings is 1. The summed E-state index contributed by atoms with van der Waals surface area (Å²) in [6.45, 7) is 6.46. The van der Waals surface area contributed by atoms with E-state index in [-0.39, 0.29) is 5.82 Å². The minimum atomic E-state index is -0.333. The Morgan fingerprint density at radius 3 is 2.66 bits per heavy atom. The van der Waals surface area contributed by atoms with Crippen molar-refractivity contribution in [3.63, 3.8) is 0 Å². The van der Waals surface area contributed by atoms with Crippen LogP contribution in [0.2, 0.25) is 0 Å². The van der Waals surface area contributed by atoms with Crippen LogP contribution in [0.5, 0.6) is 11.5 Å². The first kappa shape index (κ1) is 30.5. The zero-order valence-electron chi connectivity index (χ0n) is 23.5. The average molecular weight is 595 g/mol. The number of ether oxygens (including phenoxy) is 1. The number of aromatic nitrogens is 3. The second-order valence-corrected chi connectivity index (χ2v) is 11.2. The molecule has 41 heavy (non-hydrogen) atoms. The third-order valence-electron chi connectivity index (χ3n) is 6.17. The molecular formula is C30H35FN6O2S2. The number of allylic oxidation sites excluding steroid dienone is 1. The number of hydrogen-bond donors (Lipinski definition) is 2. The Balaban J connectivity index is 0.000000909. The van der Waals surface area contributed by atoms with Crippen LogP contribution in [-0.4, -0.2) is 40.4 Å². The maximum Gasteiger partial charge on any atom is 0.258 e. The Bertz CT molecular complexity index is 1440. The number of anilines is 1. The number of amidine groups is 1. The monoisotopic (exact) mass is 594 g/mol. The van der Waals surface area contributed by atoms with Crippen molar-refractivity contribution >= 4 is 45.6 Å². The maximum absolute atomic E-state index is 13.5. The molecule has 5 rings (SSSR count). The minimum Gasteiger partial charge on any atom is -0.453 e. The zero-order chi connectivity index (χ0) is 28.9. The molecule has 0 bridgehead atoms. The molecule has 0 radical (unpaired) electrons. The lowest BCUT2D eigenvalue weighted by Crippen LogP contribution is -2.26. The SMILES string of the molecule is CCCC.CN=C(Nc1ncc(Sc2ccnc3oncc23)cc1Oc1ccc(F)cc1)S/C=C/C1CCNCC1. The van der Waals surface area contributed by atoms with Gasteiger partial charge in [-0.1, -0.05) is 61.4 Å². The van der Waals surface area contributed by atoms with Gasteiger partial charge in [0.1, 0.15) is 11.6 Å². The predicted octanol–water partition coefficient (Wildman–Crippen LogP) is 8.15. The molecule has 0 amide bonds. The number of rotatable bonds is 8. The molecule has 4 heterocycles. The quantitative estimate of drug-likeness (QED) is 0.155. The molecule has 1 aliphatic heterocycles. The molecule has 1 aromatic carbocycles. The highest BCUT2D eigenvalue weighted by Crippen LogP contribution is 2.37. The highest BCUT2D eigenvalue weighted by atomic mass is 32.2. The molecule has 0 unspecified atom stereocenters. The molecule has 2 N–H and O–H groups in total. The Morgan fingerprint density at radius 1 is 1.15 bits per heavy atom. The van der Waals surface area contributed by atoms with Crippen LogP contribution in [0, 0.1) is 11.7 Å². The van der Waals surface area contributed by atoms with Gasteiger partial charge in [-0.3, -0.25) is 4.99 Å². The fourth-order valence-electron chi connectivity index (χ4n) is 3.75. The third-order valence-corrected chi connectivity index (χ3v) is 8.01. The Labute approximate surface area is 248 Å². The lowest BCUT2D eigenvalue weighted by molar-refractivity contribution is 0.437. The molecule has 1 saturated heterocycles. The van der Waals surface area contributed by atoms with E-state index in [2.05, 4.69) is 56.1 Å². The first-order chi connectivity index (χ1) is 20.1. The van der Waals surface area contributed by atoms with E-state index < -0.39 is 0 Å². The summed E-state index contributed by atoms with van der Waals surface area (Å²) in [6.07, 6.45) is 12.2. The number of pyridine rings is 2. The molecular weight excluding hydrogens is 560 g/mol. The van der Waals surface area contributed by atoms with Crippen LogP contribution in [0.25, 0.3) is 11.1 Å². The lowest BCUT2D eigenvalue weighted by atomic mass is 9.99. The number of unbranched alkanes of at least 4 members (excludes halogenated alkanes) is 1. The molecule has 11 heteroatoms. The van der Waals surface area contributed by atoms with Gasteiger partial charge < -0.3 is 19.9 Å². The van der Waals surface area contributed by atoms with E-state index in [1.165, 1.54) is 48.5 Å². The number of thioether (sulfide) groups is 1. The summed E-state index contributed by atoms with van der Waals surface area (Å²) in [7, 11) is 1.73. The summed E-state index contributed by atoms with van der Waals surface area (Å²) >= 11 is 2.99. The van der Waals surface area contributed by atoms with Gasteiger partial charge in [-0.25, -0.2) is 14.4 Å². The van der Waals surface area contributed by atoms with E-state index in [0.717, 1.165) is 41.1 Å². The first-order valence-corrected chi connectivity index (χ1v) is 15.4. The molecule has 0 atom stereocenters. The van der Waals surface area contributed by atoms with Gasteiger partial charge in [0.05, 0.1) is 11.6 Å². The summed E-state index contributed by atoms with van der Waals surface area (Å²) in [5.74, 6) is 1.72. The van der Waals surface area contributed by atoms with Crippen molar-refractivity contribution in [1.29, 1.82) is 0 Å². The highest BCUT2D eigenvalue weighted by molar-refractivity contribution is 8.16. The molecule has 0 saturated carbocycles. The second kappa shape index (κ2) is 16.1. The van der Waals surface area contributed by atoms with Gasteiger partial charge in [0, 0.05) is 35.3 Å². The van der Waals surface area contributed by atoms with Crippen LogP contribution in [0.1, 0.15) is 39.5 Å². The molecule has 3 aromatic heterocycles. The van der Waals surface area contributed by atoms with Crippen molar-refractivity contribution in [2.75, 3.05) is 25.5 Å². The number of aliphatic imine (C=N–C) groups is 1. The fraction of sp³-hybridized carbons (Fsp3) is 0.333. The van der Waals surface area contributed by atoms with Gasteiger partial charge in [0.25, 0.3) is 5.71 Å². The van der Waals surface area contributed by atoms with E-state index in [9.17, 15) is 4.39 Å². The highest BCUT2D eigenvalue weighted by Gasteiger charge is 2.14. The molecule has 8 nitrogen and oxygen atoms in total. The average Bonchev–Trinajstić information content (AvgIpc) is 3.50. The maximum atomic E-state index is 13.5. The van der Waals surface area contributed by atoms with E-state index in [1.54, 1.807) is 37.8 Å². The number of halogens is 1. The summed E-state index contributed by atoms with van der Waals surface area (Å²) in [4.78, 5) is 15.0. The third kappa shape index (κ3) is 9.31. The largest absolute Gasteiger partial charge is 0.453 e. The zero-order valence-corrected chi connectivity index (χ0v) is 25.1. The van der Waals surface area contributed by atoms with Crippen molar-refractivity contribution in [2.24, 2.45) is 10.9 Å². The normalized spacial score (nSPS) is 14.2. The number of nitrogens with zero attached hydrogens (tertiary/aromatic N) is 4. The Morgan fingerprint density at radius 2 is 1.93 bits per heavy atom. The van der Waals surface area contributed by atoms with Gasteiger partial charge in [0.2, 0.25) is 0 Å². The first-order valence-electron chi connectivity index (χ1n) is 13.7. The van der Waals surface area contributed by atoms with Crippen molar-refractivity contribution < 1.29 is 13.7 Å². The summed E-state index contributed by atoms with van der Waals surface area (Å²) in [6, 6.07) is 9.64. The number of nitrogens with one attached hydrogen (secondary N) is 2. The van der Waals surface area contributed by atoms with Crippen molar-refractivity contribution in [3.05, 3.63) is 72.3 Å². The van der Waals surface area contributed by atoms with Gasteiger partial charge in [-0.05, 0) is 67.6 Å².